The maximum Gasteiger partial charge on any atom is 0.309 e. The summed E-state index contributed by atoms with van der Waals surface area (Å²) in [6.45, 7) is 1.35. The monoisotopic (exact) mass is 261 g/mol. The van der Waals surface area contributed by atoms with E-state index < -0.39 is 5.97 Å². The first kappa shape index (κ1) is 12.5. The zero-order valence-corrected chi connectivity index (χ0v) is 11.1. The second kappa shape index (κ2) is 4.85. The zero-order chi connectivity index (χ0) is 13.4. The van der Waals surface area contributed by atoms with Crippen LogP contribution in [0.4, 0.5) is 0 Å². The average Bonchev–Trinajstić information content (AvgIpc) is 2.36. The molecular weight excluding hydrogens is 242 g/mol. The molecule has 1 unspecified atom stereocenters. The van der Waals surface area contributed by atoms with Crippen molar-refractivity contribution in [1.82, 2.24) is 4.90 Å². The summed E-state index contributed by atoms with van der Waals surface area (Å²) < 4.78 is 5.31. The highest BCUT2D eigenvalue weighted by atomic mass is 16.5. The number of hydrogen-bond donors (Lipinski definition) is 1. The topological polar surface area (TPSA) is 49.8 Å². The van der Waals surface area contributed by atoms with Gasteiger partial charge in [-0.2, -0.15) is 0 Å². The van der Waals surface area contributed by atoms with Crippen molar-refractivity contribution in [2.45, 2.75) is 25.3 Å². The minimum Gasteiger partial charge on any atom is -0.497 e. The molecule has 1 aliphatic carbocycles. The molecule has 1 heterocycles. The Morgan fingerprint density at radius 1 is 1.42 bits per heavy atom. The molecule has 4 nitrogen and oxygen atoms in total. The lowest BCUT2D eigenvalue weighted by atomic mass is 9.84. The summed E-state index contributed by atoms with van der Waals surface area (Å²) in [5.74, 6) is 0.0369. The third-order valence-corrected chi connectivity index (χ3v) is 4.34. The third-order valence-electron chi connectivity index (χ3n) is 4.34. The predicted octanol–water partition coefficient (Wildman–Crippen LogP) is 2.09. The SMILES string of the molecule is COc1ccc2c(c1)C(N1CC(C(=O)O)C1)CCC2. The van der Waals surface area contributed by atoms with Gasteiger partial charge in [0.15, 0.2) is 0 Å². The number of fused-ring (bicyclic) bond motifs is 1. The van der Waals surface area contributed by atoms with Crippen LogP contribution in [0, 0.1) is 5.92 Å². The maximum absolute atomic E-state index is 10.9. The standard InChI is InChI=1S/C15H19NO3/c1-19-12-6-5-10-3-2-4-14(13(10)7-12)16-8-11(9-16)15(17)18/h5-7,11,14H,2-4,8-9H2,1H3,(H,17,18). The number of rotatable bonds is 3. The summed E-state index contributed by atoms with van der Waals surface area (Å²) in [7, 11) is 1.68. The molecule has 102 valence electrons. The Morgan fingerprint density at radius 2 is 2.21 bits per heavy atom. The molecule has 1 fully saturated rings. The largest absolute Gasteiger partial charge is 0.497 e. The van der Waals surface area contributed by atoms with E-state index in [1.165, 1.54) is 17.5 Å². The number of methoxy groups -OCH3 is 1. The predicted molar refractivity (Wildman–Crippen MR) is 71.4 cm³/mol. The minimum absolute atomic E-state index is 0.184. The fourth-order valence-electron chi connectivity index (χ4n) is 3.18. The van der Waals surface area contributed by atoms with Gasteiger partial charge in [0.1, 0.15) is 5.75 Å². The molecule has 3 rings (SSSR count). The molecule has 0 aromatic heterocycles. The summed E-state index contributed by atoms with van der Waals surface area (Å²) in [4.78, 5) is 13.2. The molecule has 1 aliphatic heterocycles. The van der Waals surface area contributed by atoms with E-state index in [4.69, 9.17) is 9.84 Å². The van der Waals surface area contributed by atoms with E-state index >= 15 is 0 Å². The molecule has 1 atom stereocenters. The molecule has 1 saturated heterocycles. The van der Waals surface area contributed by atoms with Crippen molar-refractivity contribution < 1.29 is 14.6 Å². The smallest absolute Gasteiger partial charge is 0.309 e. The molecular formula is C15H19NO3. The van der Waals surface area contributed by atoms with Gasteiger partial charge < -0.3 is 9.84 Å². The van der Waals surface area contributed by atoms with Crippen LogP contribution in [0.2, 0.25) is 0 Å². The number of likely N-dealkylation sites (tertiary alicyclic amines) is 1. The molecule has 0 amide bonds. The van der Waals surface area contributed by atoms with Crippen LogP contribution >= 0.6 is 0 Å². The Balaban J connectivity index is 1.80. The van der Waals surface area contributed by atoms with Crippen LogP contribution in [0.15, 0.2) is 18.2 Å². The van der Waals surface area contributed by atoms with E-state index in [1.54, 1.807) is 7.11 Å². The molecule has 4 heteroatoms. The van der Waals surface area contributed by atoms with Crippen molar-refractivity contribution in [3.05, 3.63) is 29.3 Å². The quantitative estimate of drug-likeness (QED) is 0.905. The van der Waals surface area contributed by atoms with Crippen molar-refractivity contribution in [1.29, 1.82) is 0 Å². The van der Waals surface area contributed by atoms with Gasteiger partial charge in [-0.1, -0.05) is 6.07 Å². The van der Waals surface area contributed by atoms with Crippen LogP contribution in [0.1, 0.15) is 30.0 Å². The summed E-state index contributed by atoms with van der Waals surface area (Å²) in [5.41, 5.74) is 2.71. The summed E-state index contributed by atoms with van der Waals surface area (Å²) in [6.07, 6.45) is 3.41. The summed E-state index contributed by atoms with van der Waals surface area (Å²) >= 11 is 0. The van der Waals surface area contributed by atoms with Gasteiger partial charge in [0.05, 0.1) is 13.0 Å². The lowest BCUT2D eigenvalue weighted by molar-refractivity contribution is -0.149. The number of ether oxygens (including phenoxy) is 1. The van der Waals surface area contributed by atoms with Crippen LogP contribution in [0.25, 0.3) is 0 Å². The van der Waals surface area contributed by atoms with Crippen molar-refractivity contribution >= 4 is 5.97 Å². The third kappa shape index (κ3) is 2.21. The van der Waals surface area contributed by atoms with Crippen LogP contribution < -0.4 is 4.74 Å². The number of benzene rings is 1. The van der Waals surface area contributed by atoms with Crippen LogP contribution in [0.3, 0.4) is 0 Å². The van der Waals surface area contributed by atoms with Gasteiger partial charge in [0.25, 0.3) is 0 Å². The lowest BCUT2D eigenvalue weighted by Crippen LogP contribution is -2.52. The van der Waals surface area contributed by atoms with Gasteiger partial charge in [-0.05, 0) is 42.5 Å². The van der Waals surface area contributed by atoms with Gasteiger partial charge in [-0.25, -0.2) is 0 Å². The molecule has 2 aliphatic rings. The first-order valence-corrected chi connectivity index (χ1v) is 6.82. The van der Waals surface area contributed by atoms with Crippen molar-refractivity contribution in [3.8, 4) is 5.75 Å². The molecule has 0 radical (unpaired) electrons. The minimum atomic E-state index is -0.669. The van der Waals surface area contributed by atoms with E-state index in [9.17, 15) is 4.79 Å². The molecule has 0 spiro atoms. The second-order valence-electron chi connectivity index (χ2n) is 5.46. The van der Waals surface area contributed by atoms with E-state index in [2.05, 4.69) is 17.0 Å². The van der Waals surface area contributed by atoms with E-state index in [-0.39, 0.29) is 5.92 Å². The lowest BCUT2D eigenvalue weighted by Gasteiger charge is -2.44. The fraction of sp³-hybridized carbons (Fsp3) is 0.533. The first-order valence-electron chi connectivity index (χ1n) is 6.82. The number of carbonyl (C=O) groups is 1. The molecule has 1 aromatic rings. The Labute approximate surface area is 113 Å². The number of carboxylic acid groups (broad SMARTS) is 1. The highest BCUT2D eigenvalue weighted by molar-refractivity contribution is 5.71. The Kier molecular flexibility index (Phi) is 3.19. The van der Waals surface area contributed by atoms with E-state index in [1.807, 2.05) is 6.07 Å². The van der Waals surface area contributed by atoms with Crippen LogP contribution in [-0.4, -0.2) is 36.2 Å². The van der Waals surface area contributed by atoms with E-state index in [0.717, 1.165) is 18.6 Å². The second-order valence-corrected chi connectivity index (χ2v) is 5.46. The van der Waals surface area contributed by atoms with Crippen LogP contribution in [-0.2, 0) is 11.2 Å². The number of aliphatic carboxylic acids is 1. The number of nitrogens with zero attached hydrogens (tertiary/aromatic N) is 1. The molecule has 1 N–H and O–H groups in total. The number of hydrogen-bond acceptors (Lipinski definition) is 3. The van der Waals surface area contributed by atoms with Gasteiger partial charge in [0.2, 0.25) is 0 Å². The molecule has 0 bridgehead atoms. The van der Waals surface area contributed by atoms with Crippen LogP contribution in [0.5, 0.6) is 5.75 Å². The van der Waals surface area contributed by atoms with Gasteiger partial charge in [0, 0.05) is 19.1 Å². The molecule has 1 aromatic carbocycles. The Hall–Kier alpha value is -1.55. The van der Waals surface area contributed by atoms with Crippen molar-refractivity contribution in [2.75, 3.05) is 20.2 Å². The maximum atomic E-state index is 10.9. The normalized spacial score (nSPS) is 23.5. The first-order chi connectivity index (χ1) is 9.19. The zero-order valence-electron chi connectivity index (χ0n) is 11.1. The fourth-order valence-corrected chi connectivity index (χ4v) is 3.18. The summed E-state index contributed by atoms with van der Waals surface area (Å²) in [5, 5.41) is 8.98. The van der Waals surface area contributed by atoms with Gasteiger partial charge in [-0.3, -0.25) is 9.69 Å². The molecule has 19 heavy (non-hydrogen) atoms. The molecule has 0 saturated carbocycles. The van der Waals surface area contributed by atoms with Crippen molar-refractivity contribution in [2.24, 2.45) is 5.92 Å². The Morgan fingerprint density at radius 3 is 2.89 bits per heavy atom. The highest BCUT2D eigenvalue weighted by Crippen LogP contribution is 2.39. The van der Waals surface area contributed by atoms with Crippen molar-refractivity contribution in [3.63, 3.8) is 0 Å². The average molecular weight is 261 g/mol. The van der Waals surface area contributed by atoms with Gasteiger partial charge in [-0.15, -0.1) is 0 Å². The number of carboxylic acids is 1. The summed E-state index contributed by atoms with van der Waals surface area (Å²) in [6, 6.07) is 6.65. The number of aryl methyl sites for hydroxylation is 1. The van der Waals surface area contributed by atoms with E-state index in [0.29, 0.717) is 19.1 Å². The van der Waals surface area contributed by atoms with Gasteiger partial charge >= 0.3 is 5.97 Å². The highest BCUT2D eigenvalue weighted by Gasteiger charge is 2.38. The Bertz CT molecular complexity index is 494.